The maximum absolute atomic E-state index is 6.47. The molecule has 4 heterocycles. The Labute approximate surface area is 318 Å². The molecule has 0 aliphatic heterocycles. The van der Waals surface area contributed by atoms with Crippen LogP contribution in [0.5, 0.6) is 0 Å². The van der Waals surface area contributed by atoms with E-state index in [9.17, 15) is 0 Å². The van der Waals surface area contributed by atoms with E-state index in [1.54, 1.807) is 5.56 Å². The van der Waals surface area contributed by atoms with Crippen molar-refractivity contribution in [2.24, 2.45) is 17.8 Å². The topological polar surface area (TPSA) is 35.9 Å². The number of rotatable bonds is 4. The summed E-state index contributed by atoms with van der Waals surface area (Å²) in [5, 5.41) is 7.40. The average Bonchev–Trinajstić information content (AvgIpc) is 3.88. The Bertz CT molecular complexity index is 3170. The molecule has 0 atom stereocenters. The Balaban J connectivity index is 0.967. The molecule has 0 saturated heterocycles. The number of fused-ring (bicyclic) bond motifs is 9. The summed E-state index contributed by atoms with van der Waals surface area (Å²) < 4.78 is 11.3. The van der Waals surface area contributed by atoms with Crippen molar-refractivity contribution in [1.82, 2.24) is 14.1 Å². The Morgan fingerprint density at radius 1 is 0.491 bits per heavy atom. The van der Waals surface area contributed by atoms with Crippen molar-refractivity contribution in [3.05, 3.63) is 151 Å². The molecule has 0 spiro atoms. The van der Waals surface area contributed by atoms with Crippen LogP contribution in [0.2, 0.25) is 0 Å². The minimum atomic E-state index is 0.364. The predicted molar refractivity (Wildman–Crippen MR) is 225 cm³/mol. The van der Waals surface area contributed by atoms with Crippen molar-refractivity contribution in [2.45, 2.75) is 43.9 Å². The van der Waals surface area contributed by atoms with E-state index in [-0.39, 0.29) is 0 Å². The van der Waals surface area contributed by atoms with Gasteiger partial charge in [0.1, 0.15) is 11.2 Å². The van der Waals surface area contributed by atoms with Gasteiger partial charge in [0, 0.05) is 37.9 Å². The second-order valence-electron chi connectivity index (χ2n) is 17.0. The van der Waals surface area contributed by atoms with Crippen molar-refractivity contribution in [2.75, 3.05) is 0 Å². The largest absolute Gasteiger partial charge is 0.455 e. The standard InChI is InChI=1S/C51H39N3O/c1-4-13-45-39(8-1)43-23-34(38-11-7-12-42-41-10-3-6-15-49(41)55-50(38)42)16-18-47(43)53(45)36-25-37(30-52-29-36)54-46-14-5-2-9-40(46)44-24-35(17-19-48(44)54)51-26-31-20-32(27-51)22-33(21-31)28-51/h1-19,23-25,29-33H,20-22,26-28H2. The lowest BCUT2D eigenvalue weighted by molar-refractivity contribution is -0.00512. The first-order valence-corrected chi connectivity index (χ1v) is 20.1. The molecule has 0 N–H and O–H groups in total. The molecule has 4 aromatic heterocycles. The zero-order valence-electron chi connectivity index (χ0n) is 30.6. The maximum Gasteiger partial charge on any atom is 0.143 e. The second kappa shape index (κ2) is 11.0. The number of para-hydroxylation sites is 4. The maximum atomic E-state index is 6.47. The van der Waals surface area contributed by atoms with Gasteiger partial charge in [0.15, 0.2) is 0 Å². The van der Waals surface area contributed by atoms with E-state index < -0.39 is 0 Å². The Hall–Kier alpha value is -6.13. The minimum absolute atomic E-state index is 0.364. The van der Waals surface area contributed by atoms with Crippen molar-refractivity contribution >= 4 is 65.6 Å². The van der Waals surface area contributed by atoms with Crippen LogP contribution < -0.4 is 0 Å². The number of hydrogen-bond acceptors (Lipinski definition) is 2. The van der Waals surface area contributed by atoms with Crippen LogP contribution in [0.1, 0.15) is 44.1 Å². The van der Waals surface area contributed by atoms with Gasteiger partial charge in [0.2, 0.25) is 0 Å². The fraction of sp³-hybridized carbons (Fsp3) is 0.196. The van der Waals surface area contributed by atoms with Gasteiger partial charge in [-0.3, -0.25) is 4.98 Å². The molecule has 4 heteroatoms. The number of benzene rings is 6. The summed E-state index contributed by atoms with van der Waals surface area (Å²) in [7, 11) is 0. The molecular formula is C51H39N3O. The highest BCUT2D eigenvalue weighted by Crippen LogP contribution is 2.61. The molecule has 6 aromatic carbocycles. The molecule has 4 aliphatic carbocycles. The van der Waals surface area contributed by atoms with E-state index in [1.807, 2.05) is 18.5 Å². The van der Waals surface area contributed by atoms with E-state index in [1.165, 1.54) is 71.1 Å². The fourth-order valence-corrected chi connectivity index (χ4v) is 12.1. The summed E-state index contributed by atoms with van der Waals surface area (Å²) in [6.45, 7) is 0. The van der Waals surface area contributed by atoms with Gasteiger partial charge in [-0.1, -0.05) is 84.9 Å². The number of furan rings is 1. The quantitative estimate of drug-likeness (QED) is 0.182. The first-order chi connectivity index (χ1) is 27.2. The summed E-state index contributed by atoms with van der Waals surface area (Å²) in [6, 6.07) is 49.1. The highest BCUT2D eigenvalue weighted by molar-refractivity contribution is 6.13. The highest BCUT2D eigenvalue weighted by atomic mass is 16.3. The third-order valence-electron chi connectivity index (χ3n) is 13.9. The first kappa shape index (κ1) is 30.2. The SMILES string of the molecule is c1ccc2c(c1)oc1c(-c3ccc4c(c3)c3ccccc3n4-c3cncc(-n4c5ccccc5c5cc(C67CC8CC(CC(C8)C6)C7)ccc54)c3)cccc12. The fourth-order valence-electron chi connectivity index (χ4n) is 12.1. The van der Waals surface area contributed by atoms with Gasteiger partial charge in [-0.25, -0.2) is 0 Å². The Morgan fingerprint density at radius 2 is 1.05 bits per heavy atom. The van der Waals surface area contributed by atoms with E-state index in [2.05, 4.69) is 137 Å². The number of pyridine rings is 1. The smallest absolute Gasteiger partial charge is 0.143 e. The van der Waals surface area contributed by atoms with Crippen LogP contribution in [0, 0.1) is 17.8 Å². The van der Waals surface area contributed by atoms with E-state index >= 15 is 0 Å². The minimum Gasteiger partial charge on any atom is -0.455 e. The van der Waals surface area contributed by atoms with Crippen molar-refractivity contribution < 1.29 is 4.42 Å². The summed E-state index contributed by atoms with van der Waals surface area (Å²) in [4.78, 5) is 4.93. The van der Waals surface area contributed by atoms with Crippen LogP contribution in [0.3, 0.4) is 0 Å². The van der Waals surface area contributed by atoms with Crippen LogP contribution >= 0.6 is 0 Å². The van der Waals surface area contributed by atoms with E-state index in [0.29, 0.717) is 5.41 Å². The number of nitrogens with zero attached hydrogens (tertiary/aromatic N) is 3. The Morgan fingerprint density at radius 3 is 1.75 bits per heavy atom. The molecular weight excluding hydrogens is 671 g/mol. The molecule has 10 aromatic rings. The van der Waals surface area contributed by atoms with E-state index in [0.717, 1.165) is 73.2 Å². The molecule has 0 amide bonds. The molecule has 0 radical (unpaired) electrons. The van der Waals surface area contributed by atoms with Crippen molar-refractivity contribution in [3.8, 4) is 22.5 Å². The van der Waals surface area contributed by atoms with Gasteiger partial charge in [0.25, 0.3) is 0 Å². The zero-order valence-corrected chi connectivity index (χ0v) is 30.6. The molecule has 55 heavy (non-hydrogen) atoms. The van der Waals surface area contributed by atoms with Crippen molar-refractivity contribution in [1.29, 1.82) is 0 Å². The van der Waals surface area contributed by atoms with Crippen LogP contribution in [0.15, 0.2) is 150 Å². The van der Waals surface area contributed by atoms with Gasteiger partial charge < -0.3 is 13.6 Å². The van der Waals surface area contributed by atoms with Gasteiger partial charge in [-0.05, 0) is 121 Å². The molecule has 4 fully saturated rings. The van der Waals surface area contributed by atoms with Crippen molar-refractivity contribution in [3.63, 3.8) is 0 Å². The van der Waals surface area contributed by atoms with Gasteiger partial charge >= 0.3 is 0 Å². The van der Waals surface area contributed by atoms with Crippen LogP contribution in [0.25, 0.3) is 88.1 Å². The van der Waals surface area contributed by atoms with E-state index in [4.69, 9.17) is 9.40 Å². The summed E-state index contributed by atoms with van der Waals surface area (Å²) >= 11 is 0. The number of aromatic nitrogens is 3. The molecule has 4 aliphatic rings. The second-order valence-corrected chi connectivity index (χ2v) is 17.0. The number of hydrogen-bond donors (Lipinski definition) is 0. The lowest BCUT2D eigenvalue weighted by Gasteiger charge is -2.57. The van der Waals surface area contributed by atoms with Crippen LogP contribution in [0.4, 0.5) is 0 Å². The monoisotopic (exact) mass is 709 g/mol. The van der Waals surface area contributed by atoms with Gasteiger partial charge in [-0.2, -0.15) is 0 Å². The molecule has 4 nitrogen and oxygen atoms in total. The molecule has 264 valence electrons. The normalized spacial score (nSPS) is 22.0. The lowest BCUT2D eigenvalue weighted by Crippen LogP contribution is -2.48. The molecule has 0 unspecified atom stereocenters. The highest BCUT2D eigenvalue weighted by Gasteiger charge is 2.51. The van der Waals surface area contributed by atoms with Gasteiger partial charge in [-0.15, -0.1) is 0 Å². The summed E-state index contributed by atoms with van der Waals surface area (Å²) in [6.07, 6.45) is 12.6. The third kappa shape index (κ3) is 4.25. The molecule has 4 bridgehead atoms. The molecule has 14 rings (SSSR count). The predicted octanol–water partition coefficient (Wildman–Crippen LogP) is 13.3. The Kier molecular flexibility index (Phi) is 6.03. The summed E-state index contributed by atoms with van der Waals surface area (Å²) in [5.74, 6) is 2.78. The third-order valence-corrected chi connectivity index (χ3v) is 13.9. The first-order valence-electron chi connectivity index (χ1n) is 20.1. The van der Waals surface area contributed by atoms with Crippen LogP contribution in [-0.4, -0.2) is 14.1 Å². The molecule has 4 saturated carbocycles. The van der Waals surface area contributed by atoms with Crippen LogP contribution in [-0.2, 0) is 5.41 Å². The van der Waals surface area contributed by atoms with Gasteiger partial charge in [0.05, 0.1) is 45.8 Å². The summed E-state index contributed by atoms with van der Waals surface area (Å²) in [5.41, 5.74) is 13.0. The zero-order chi connectivity index (χ0) is 35.8. The lowest BCUT2D eigenvalue weighted by atomic mass is 9.48. The average molecular weight is 710 g/mol.